The van der Waals surface area contributed by atoms with Crippen LogP contribution in [0.4, 0.5) is 8.78 Å². The third-order valence-corrected chi connectivity index (χ3v) is 4.59. The molecule has 0 heterocycles. The Kier molecular flexibility index (Phi) is 4.69. The minimum Gasteiger partial charge on any atom is -0.388 e. The predicted octanol–water partition coefficient (Wildman–Crippen LogP) is 2.96. The Morgan fingerprint density at radius 2 is 1.52 bits per heavy atom. The maximum Gasteiger partial charge on any atom is 0.341 e. The summed E-state index contributed by atoms with van der Waals surface area (Å²) in [5.41, 5.74) is 0.774. The van der Waals surface area contributed by atoms with Crippen LogP contribution in [0.5, 0.6) is 0 Å². The molecule has 0 bridgehead atoms. The van der Waals surface area contributed by atoms with Crippen molar-refractivity contribution in [3.05, 3.63) is 65.7 Å². The van der Waals surface area contributed by atoms with Crippen molar-refractivity contribution >= 4 is 9.84 Å². The van der Waals surface area contributed by atoms with Gasteiger partial charge in [-0.2, -0.15) is 8.78 Å². The molecule has 0 fully saturated rings. The van der Waals surface area contributed by atoms with Gasteiger partial charge < -0.3 is 5.11 Å². The highest BCUT2D eigenvalue weighted by Gasteiger charge is 2.29. The summed E-state index contributed by atoms with van der Waals surface area (Å²) >= 11 is 0. The van der Waals surface area contributed by atoms with Gasteiger partial charge in [-0.3, -0.25) is 0 Å². The van der Waals surface area contributed by atoms with Crippen molar-refractivity contribution in [3.63, 3.8) is 0 Å². The van der Waals surface area contributed by atoms with E-state index < -0.39 is 26.6 Å². The molecule has 2 rings (SSSR count). The van der Waals surface area contributed by atoms with Crippen molar-refractivity contribution in [3.8, 4) is 0 Å². The first-order valence-electron chi connectivity index (χ1n) is 6.26. The van der Waals surface area contributed by atoms with E-state index in [9.17, 15) is 22.3 Å². The van der Waals surface area contributed by atoms with Crippen LogP contribution in [0.25, 0.3) is 0 Å². The minimum absolute atomic E-state index is 0.0495. The topological polar surface area (TPSA) is 54.4 Å². The minimum atomic E-state index is -4.68. The molecule has 6 heteroatoms. The second-order valence-electron chi connectivity index (χ2n) is 4.54. The van der Waals surface area contributed by atoms with Crippen LogP contribution in [0.15, 0.2) is 59.5 Å². The molecule has 0 aliphatic rings. The SMILES string of the molecule is O=S(=O)(c1ccccc1CC(O)c1ccccc1)C(F)F. The lowest BCUT2D eigenvalue weighted by Gasteiger charge is -2.14. The number of sulfone groups is 1. The molecule has 1 N–H and O–H groups in total. The van der Waals surface area contributed by atoms with Gasteiger partial charge in [-0.25, -0.2) is 8.42 Å². The van der Waals surface area contributed by atoms with Gasteiger partial charge in [-0.05, 0) is 17.2 Å². The standard InChI is InChI=1S/C15H14F2O3S/c16-15(17)21(19,20)14-9-5-4-8-12(14)10-13(18)11-6-2-1-3-7-11/h1-9,13,15,18H,10H2. The lowest BCUT2D eigenvalue weighted by atomic mass is 10.0. The molecule has 1 atom stereocenters. The summed E-state index contributed by atoms with van der Waals surface area (Å²) in [6.45, 7) is 0. The van der Waals surface area contributed by atoms with Crippen LogP contribution < -0.4 is 0 Å². The molecule has 1 unspecified atom stereocenters. The fraction of sp³-hybridized carbons (Fsp3) is 0.200. The van der Waals surface area contributed by atoms with Crippen LogP contribution in [0, 0.1) is 0 Å². The molecular formula is C15H14F2O3S. The summed E-state index contributed by atoms with van der Waals surface area (Å²) in [4.78, 5) is -0.435. The number of aliphatic hydroxyl groups excluding tert-OH is 1. The Bertz CT molecular complexity index is 700. The Morgan fingerprint density at radius 1 is 0.952 bits per heavy atom. The molecule has 0 aliphatic carbocycles. The first-order valence-corrected chi connectivity index (χ1v) is 7.80. The zero-order valence-corrected chi connectivity index (χ0v) is 11.8. The Labute approximate surface area is 121 Å². The van der Waals surface area contributed by atoms with Gasteiger partial charge in [0.25, 0.3) is 0 Å². The fourth-order valence-corrected chi connectivity index (χ4v) is 3.02. The molecule has 0 saturated heterocycles. The molecule has 0 amide bonds. The second kappa shape index (κ2) is 6.32. The van der Waals surface area contributed by atoms with E-state index in [2.05, 4.69) is 0 Å². The molecule has 0 saturated carbocycles. The maximum atomic E-state index is 12.7. The van der Waals surface area contributed by atoms with Crippen LogP contribution in [0.2, 0.25) is 0 Å². The van der Waals surface area contributed by atoms with E-state index in [-0.39, 0.29) is 12.0 Å². The van der Waals surface area contributed by atoms with Gasteiger partial charge in [0.1, 0.15) is 0 Å². The van der Waals surface area contributed by atoms with Crippen LogP contribution in [0.1, 0.15) is 17.2 Å². The van der Waals surface area contributed by atoms with Gasteiger partial charge >= 0.3 is 5.76 Å². The first kappa shape index (κ1) is 15.6. The van der Waals surface area contributed by atoms with Crippen LogP contribution >= 0.6 is 0 Å². The normalized spacial score (nSPS) is 13.3. The Balaban J connectivity index is 2.34. The lowest BCUT2D eigenvalue weighted by molar-refractivity contribution is 0.177. The van der Waals surface area contributed by atoms with Gasteiger partial charge in [0.05, 0.1) is 11.0 Å². The average Bonchev–Trinajstić information content (AvgIpc) is 2.48. The number of alkyl halides is 2. The van der Waals surface area contributed by atoms with E-state index in [0.29, 0.717) is 5.56 Å². The number of rotatable bonds is 5. The largest absolute Gasteiger partial charge is 0.388 e. The summed E-state index contributed by atoms with van der Waals surface area (Å²) < 4.78 is 48.7. The molecule has 0 radical (unpaired) electrons. The predicted molar refractivity (Wildman–Crippen MR) is 74.7 cm³/mol. The zero-order chi connectivity index (χ0) is 15.5. The van der Waals surface area contributed by atoms with Crippen LogP contribution in [-0.4, -0.2) is 19.3 Å². The molecule has 0 aromatic heterocycles. The van der Waals surface area contributed by atoms with E-state index in [4.69, 9.17) is 0 Å². The van der Waals surface area contributed by atoms with E-state index in [1.54, 1.807) is 36.4 Å². The van der Waals surface area contributed by atoms with Gasteiger partial charge in [0.15, 0.2) is 0 Å². The number of hydrogen-bond donors (Lipinski definition) is 1. The number of benzene rings is 2. The fourth-order valence-electron chi connectivity index (χ4n) is 2.05. The first-order chi connectivity index (χ1) is 9.93. The molecular weight excluding hydrogens is 298 g/mol. The van der Waals surface area contributed by atoms with Gasteiger partial charge in [-0.15, -0.1) is 0 Å². The summed E-state index contributed by atoms with van der Waals surface area (Å²) in [7, 11) is -4.68. The molecule has 0 spiro atoms. The number of aliphatic hydroxyl groups is 1. The monoisotopic (exact) mass is 312 g/mol. The van der Waals surface area contributed by atoms with Gasteiger partial charge in [-0.1, -0.05) is 48.5 Å². The Hall–Kier alpha value is -1.79. The Morgan fingerprint density at radius 3 is 2.14 bits per heavy atom. The molecule has 2 aromatic carbocycles. The van der Waals surface area contributed by atoms with Gasteiger partial charge in [0, 0.05) is 6.42 Å². The summed E-state index contributed by atoms with van der Waals surface area (Å²) in [5, 5.41) is 10.1. The smallest absolute Gasteiger partial charge is 0.341 e. The number of hydrogen-bond acceptors (Lipinski definition) is 3. The van der Waals surface area contributed by atoms with E-state index >= 15 is 0 Å². The molecule has 21 heavy (non-hydrogen) atoms. The third-order valence-electron chi connectivity index (χ3n) is 3.11. The molecule has 112 valence electrons. The quantitative estimate of drug-likeness (QED) is 0.923. The van der Waals surface area contributed by atoms with Crippen LogP contribution in [0.3, 0.4) is 0 Å². The van der Waals surface area contributed by atoms with Crippen molar-refractivity contribution in [1.29, 1.82) is 0 Å². The third kappa shape index (κ3) is 3.46. The van der Waals surface area contributed by atoms with Gasteiger partial charge in [0.2, 0.25) is 9.84 Å². The van der Waals surface area contributed by atoms with Crippen molar-refractivity contribution in [2.75, 3.05) is 0 Å². The van der Waals surface area contributed by atoms with Crippen molar-refractivity contribution in [2.45, 2.75) is 23.2 Å². The van der Waals surface area contributed by atoms with Crippen LogP contribution in [-0.2, 0) is 16.3 Å². The van der Waals surface area contributed by atoms with Crippen molar-refractivity contribution < 1.29 is 22.3 Å². The molecule has 2 aromatic rings. The summed E-state index contributed by atoms with van der Waals surface area (Å²) in [6.07, 6.45) is -1.01. The van der Waals surface area contributed by atoms with Crippen molar-refractivity contribution in [2.24, 2.45) is 0 Å². The average molecular weight is 312 g/mol. The second-order valence-corrected chi connectivity index (χ2v) is 6.43. The van der Waals surface area contributed by atoms with Crippen molar-refractivity contribution in [1.82, 2.24) is 0 Å². The highest BCUT2D eigenvalue weighted by Crippen LogP contribution is 2.26. The summed E-state index contributed by atoms with van der Waals surface area (Å²) in [6, 6.07) is 14.1. The highest BCUT2D eigenvalue weighted by molar-refractivity contribution is 7.91. The van der Waals surface area contributed by atoms with E-state index in [1.807, 2.05) is 0 Å². The number of halogens is 2. The summed E-state index contributed by atoms with van der Waals surface area (Å²) in [5.74, 6) is -3.48. The molecule has 0 aliphatic heterocycles. The lowest BCUT2D eigenvalue weighted by Crippen LogP contribution is -2.15. The molecule has 3 nitrogen and oxygen atoms in total. The van der Waals surface area contributed by atoms with E-state index in [0.717, 1.165) is 6.07 Å². The highest BCUT2D eigenvalue weighted by atomic mass is 32.2. The van der Waals surface area contributed by atoms with E-state index in [1.165, 1.54) is 12.1 Å². The zero-order valence-electron chi connectivity index (χ0n) is 11.0. The maximum absolute atomic E-state index is 12.7.